The van der Waals surface area contributed by atoms with E-state index in [0.29, 0.717) is 5.56 Å². The van der Waals surface area contributed by atoms with Gasteiger partial charge in [0.25, 0.3) is 0 Å². The number of hydrogen-bond acceptors (Lipinski definition) is 2. The van der Waals surface area contributed by atoms with Crippen LogP contribution in [0.15, 0.2) is 12.1 Å². The fraction of sp³-hybridized carbons (Fsp3) is 0.462. The van der Waals surface area contributed by atoms with E-state index in [1.165, 1.54) is 0 Å². The van der Waals surface area contributed by atoms with Gasteiger partial charge in [0.05, 0.1) is 5.56 Å². The third-order valence-electron chi connectivity index (χ3n) is 3.41. The average Bonchev–Trinajstić information content (AvgIpc) is 2.89. The SMILES string of the molecule is Cc1cc(CC2(N)CC2)cc(C(=O)O)c1C. The number of carboxylic acid groups (broad SMARTS) is 1. The number of nitrogens with two attached hydrogens (primary N) is 1. The summed E-state index contributed by atoms with van der Waals surface area (Å²) in [6.45, 7) is 3.79. The van der Waals surface area contributed by atoms with Crippen LogP contribution in [0.1, 0.15) is 39.9 Å². The Balaban J connectivity index is 2.36. The van der Waals surface area contributed by atoms with Crippen LogP contribution in [-0.4, -0.2) is 16.6 Å². The van der Waals surface area contributed by atoms with Crippen molar-refractivity contribution in [3.05, 3.63) is 34.4 Å². The third-order valence-corrected chi connectivity index (χ3v) is 3.41. The van der Waals surface area contributed by atoms with Gasteiger partial charge >= 0.3 is 5.97 Å². The van der Waals surface area contributed by atoms with Crippen LogP contribution in [-0.2, 0) is 6.42 Å². The molecule has 2 rings (SSSR count). The predicted molar refractivity (Wildman–Crippen MR) is 62.7 cm³/mol. The van der Waals surface area contributed by atoms with Gasteiger partial charge in [-0.3, -0.25) is 0 Å². The van der Waals surface area contributed by atoms with E-state index in [2.05, 4.69) is 6.07 Å². The van der Waals surface area contributed by atoms with Crippen molar-refractivity contribution in [2.75, 3.05) is 0 Å². The molecule has 0 bridgehead atoms. The van der Waals surface area contributed by atoms with Gasteiger partial charge in [-0.2, -0.15) is 0 Å². The van der Waals surface area contributed by atoms with Crippen LogP contribution in [0, 0.1) is 13.8 Å². The van der Waals surface area contributed by atoms with E-state index < -0.39 is 5.97 Å². The molecule has 0 aliphatic heterocycles. The number of benzene rings is 1. The summed E-state index contributed by atoms with van der Waals surface area (Å²) in [5, 5.41) is 9.10. The minimum Gasteiger partial charge on any atom is -0.478 e. The minimum absolute atomic E-state index is 0.0720. The highest BCUT2D eigenvalue weighted by molar-refractivity contribution is 5.90. The Morgan fingerprint density at radius 1 is 1.44 bits per heavy atom. The van der Waals surface area contributed by atoms with Crippen molar-refractivity contribution in [3.63, 3.8) is 0 Å². The van der Waals surface area contributed by atoms with Gasteiger partial charge in [0.1, 0.15) is 0 Å². The van der Waals surface area contributed by atoms with Crippen LogP contribution in [0.4, 0.5) is 0 Å². The molecule has 1 aliphatic rings. The summed E-state index contributed by atoms with van der Waals surface area (Å²) in [5.41, 5.74) is 9.29. The highest BCUT2D eigenvalue weighted by atomic mass is 16.4. The van der Waals surface area contributed by atoms with E-state index in [1.807, 2.05) is 13.8 Å². The molecule has 0 saturated heterocycles. The number of hydrogen-bond donors (Lipinski definition) is 2. The second-order valence-electron chi connectivity index (χ2n) is 4.93. The number of carbonyl (C=O) groups is 1. The smallest absolute Gasteiger partial charge is 0.335 e. The van der Waals surface area contributed by atoms with Crippen LogP contribution in [0.3, 0.4) is 0 Å². The number of rotatable bonds is 3. The lowest BCUT2D eigenvalue weighted by molar-refractivity contribution is 0.0696. The first-order valence-corrected chi connectivity index (χ1v) is 5.54. The van der Waals surface area contributed by atoms with Gasteiger partial charge in [-0.1, -0.05) is 6.07 Å². The van der Waals surface area contributed by atoms with Crippen molar-refractivity contribution in [1.82, 2.24) is 0 Å². The molecule has 3 N–H and O–H groups in total. The molecule has 1 saturated carbocycles. The normalized spacial score (nSPS) is 17.2. The van der Waals surface area contributed by atoms with Crippen molar-refractivity contribution in [2.24, 2.45) is 5.73 Å². The van der Waals surface area contributed by atoms with E-state index in [-0.39, 0.29) is 5.54 Å². The van der Waals surface area contributed by atoms with E-state index in [0.717, 1.165) is 36.0 Å². The second-order valence-corrected chi connectivity index (χ2v) is 4.93. The fourth-order valence-corrected chi connectivity index (χ4v) is 2.00. The van der Waals surface area contributed by atoms with Gasteiger partial charge in [0, 0.05) is 5.54 Å². The largest absolute Gasteiger partial charge is 0.478 e. The van der Waals surface area contributed by atoms with Crippen LogP contribution in [0.5, 0.6) is 0 Å². The molecule has 0 spiro atoms. The van der Waals surface area contributed by atoms with Gasteiger partial charge in [-0.25, -0.2) is 4.79 Å². The topological polar surface area (TPSA) is 63.3 Å². The van der Waals surface area contributed by atoms with Crippen molar-refractivity contribution < 1.29 is 9.90 Å². The molecular weight excluding hydrogens is 202 g/mol. The quantitative estimate of drug-likeness (QED) is 0.817. The molecule has 16 heavy (non-hydrogen) atoms. The third kappa shape index (κ3) is 2.09. The van der Waals surface area contributed by atoms with E-state index in [4.69, 9.17) is 10.8 Å². The monoisotopic (exact) mass is 219 g/mol. The first-order valence-electron chi connectivity index (χ1n) is 5.54. The van der Waals surface area contributed by atoms with Crippen molar-refractivity contribution in [1.29, 1.82) is 0 Å². The summed E-state index contributed by atoms with van der Waals surface area (Å²) in [7, 11) is 0. The molecule has 1 aromatic carbocycles. The summed E-state index contributed by atoms with van der Waals surface area (Å²) >= 11 is 0. The van der Waals surface area contributed by atoms with Gasteiger partial charge in [0.2, 0.25) is 0 Å². The molecule has 0 heterocycles. The van der Waals surface area contributed by atoms with Crippen LogP contribution < -0.4 is 5.73 Å². The Kier molecular flexibility index (Phi) is 2.50. The summed E-state index contributed by atoms with van der Waals surface area (Å²) in [6, 6.07) is 3.81. The van der Waals surface area contributed by atoms with E-state index in [9.17, 15) is 4.79 Å². The fourth-order valence-electron chi connectivity index (χ4n) is 2.00. The van der Waals surface area contributed by atoms with Gasteiger partial charge in [-0.15, -0.1) is 0 Å². The lowest BCUT2D eigenvalue weighted by Gasteiger charge is -2.12. The average molecular weight is 219 g/mol. The van der Waals surface area contributed by atoms with Gasteiger partial charge in [0.15, 0.2) is 0 Å². The lowest BCUT2D eigenvalue weighted by atomic mass is 9.95. The Morgan fingerprint density at radius 3 is 2.56 bits per heavy atom. The van der Waals surface area contributed by atoms with Crippen LogP contribution >= 0.6 is 0 Å². The molecule has 0 unspecified atom stereocenters. The predicted octanol–water partition coefficient (Wildman–Crippen LogP) is 2.04. The molecule has 3 heteroatoms. The number of aromatic carboxylic acids is 1. The molecule has 86 valence electrons. The summed E-state index contributed by atoms with van der Waals surface area (Å²) in [6.07, 6.45) is 2.87. The van der Waals surface area contributed by atoms with Crippen LogP contribution in [0.2, 0.25) is 0 Å². The van der Waals surface area contributed by atoms with Gasteiger partial charge < -0.3 is 10.8 Å². The molecule has 0 amide bonds. The minimum atomic E-state index is -0.857. The maximum Gasteiger partial charge on any atom is 0.335 e. The Labute approximate surface area is 95.3 Å². The molecule has 0 radical (unpaired) electrons. The number of carboxylic acids is 1. The highest BCUT2D eigenvalue weighted by Crippen LogP contribution is 2.36. The second kappa shape index (κ2) is 3.59. The molecular formula is C13H17NO2. The molecule has 0 aromatic heterocycles. The standard InChI is InChI=1S/C13H17NO2/c1-8-5-10(7-13(14)3-4-13)6-11(9(8)2)12(15)16/h5-6H,3-4,7,14H2,1-2H3,(H,15,16). The van der Waals surface area contributed by atoms with Crippen molar-refractivity contribution in [2.45, 2.75) is 38.6 Å². The molecule has 1 aliphatic carbocycles. The van der Waals surface area contributed by atoms with E-state index in [1.54, 1.807) is 6.07 Å². The lowest BCUT2D eigenvalue weighted by Crippen LogP contribution is -2.24. The first-order chi connectivity index (χ1) is 7.41. The zero-order valence-electron chi connectivity index (χ0n) is 9.71. The van der Waals surface area contributed by atoms with E-state index >= 15 is 0 Å². The molecule has 0 atom stereocenters. The summed E-state index contributed by atoms with van der Waals surface area (Å²) in [4.78, 5) is 11.1. The zero-order valence-corrected chi connectivity index (χ0v) is 9.71. The molecule has 1 fully saturated rings. The number of aryl methyl sites for hydroxylation is 1. The molecule has 3 nitrogen and oxygen atoms in total. The first kappa shape index (κ1) is 11.1. The maximum atomic E-state index is 11.1. The van der Waals surface area contributed by atoms with Crippen LogP contribution in [0.25, 0.3) is 0 Å². The zero-order chi connectivity index (χ0) is 11.9. The Hall–Kier alpha value is -1.35. The van der Waals surface area contributed by atoms with Crippen molar-refractivity contribution in [3.8, 4) is 0 Å². The summed E-state index contributed by atoms with van der Waals surface area (Å²) in [5.74, 6) is -0.857. The van der Waals surface area contributed by atoms with Crippen molar-refractivity contribution >= 4 is 5.97 Å². The Morgan fingerprint density at radius 2 is 2.06 bits per heavy atom. The van der Waals surface area contributed by atoms with Gasteiger partial charge in [-0.05, 0) is 55.9 Å². The maximum absolute atomic E-state index is 11.1. The summed E-state index contributed by atoms with van der Waals surface area (Å²) < 4.78 is 0. The Bertz CT molecular complexity index is 447. The highest BCUT2D eigenvalue weighted by Gasteiger charge is 2.38. The molecule has 1 aromatic rings.